The number of aromatic nitrogens is 4. The third kappa shape index (κ3) is 3.42. The SMILES string of the molecule is Clc1ccc([C@H](c2nnnn2-c2ccccc2)[NH+]2CCOCC2)cc1. The number of ether oxygens (including phenoxy) is 1. The van der Waals surface area contributed by atoms with Crippen LogP contribution in [0.3, 0.4) is 0 Å². The van der Waals surface area contributed by atoms with Crippen LogP contribution in [0.5, 0.6) is 0 Å². The summed E-state index contributed by atoms with van der Waals surface area (Å²) in [5.74, 6) is 0.824. The number of hydrogen-bond donors (Lipinski definition) is 1. The molecule has 2 aromatic carbocycles. The van der Waals surface area contributed by atoms with E-state index in [-0.39, 0.29) is 6.04 Å². The van der Waals surface area contributed by atoms with Gasteiger partial charge in [0.1, 0.15) is 13.1 Å². The lowest BCUT2D eigenvalue weighted by atomic mass is 10.0. The number of quaternary nitrogens is 1. The van der Waals surface area contributed by atoms with Crippen molar-refractivity contribution in [3.63, 3.8) is 0 Å². The van der Waals surface area contributed by atoms with Crippen molar-refractivity contribution in [3.8, 4) is 5.69 Å². The largest absolute Gasteiger partial charge is 0.370 e. The second-order valence-electron chi connectivity index (χ2n) is 6.04. The number of rotatable bonds is 4. The number of para-hydroxylation sites is 1. The van der Waals surface area contributed by atoms with Crippen molar-refractivity contribution in [2.24, 2.45) is 0 Å². The Morgan fingerprint density at radius 2 is 1.72 bits per heavy atom. The van der Waals surface area contributed by atoms with E-state index in [4.69, 9.17) is 16.3 Å². The second kappa shape index (κ2) is 7.31. The summed E-state index contributed by atoms with van der Waals surface area (Å²) in [4.78, 5) is 1.39. The van der Waals surface area contributed by atoms with Crippen molar-refractivity contribution in [1.82, 2.24) is 20.2 Å². The van der Waals surface area contributed by atoms with E-state index in [1.165, 1.54) is 4.90 Å². The number of halogens is 1. The van der Waals surface area contributed by atoms with Gasteiger partial charge in [0.25, 0.3) is 0 Å². The highest BCUT2D eigenvalue weighted by Crippen LogP contribution is 2.21. The molecule has 0 spiro atoms. The maximum Gasteiger partial charge on any atom is 0.218 e. The fourth-order valence-corrected chi connectivity index (χ4v) is 3.40. The van der Waals surface area contributed by atoms with Crippen LogP contribution in [0, 0.1) is 0 Å². The fourth-order valence-electron chi connectivity index (χ4n) is 3.27. The van der Waals surface area contributed by atoms with Crippen LogP contribution in [0.4, 0.5) is 0 Å². The third-order valence-electron chi connectivity index (χ3n) is 4.50. The van der Waals surface area contributed by atoms with Crippen molar-refractivity contribution < 1.29 is 9.64 Å². The minimum absolute atomic E-state index is 0.0244. The maximum absolute atomic E-state index is 6.08. The molecule has 0 saturated carbocycles. The number of hydrogen-bond acceptors (Lipinski definition) is 4. The first-order valence-electron chi connectivity index (χ1n) is 8.34. The summed E-state index contributed by atoms with van der Waals surface area (Å²) in [7, 11) is 0. The molecule has 25 heavy (non-hydrogen) atoms. The second-order valence-corrected chi connectivity index (χ2v) is 6.48. The van der Waals surface area contributed by atoms with Crippen LogP contribution in [0.15, 0.2) is 54.6 Å². The van der Waals surface area contributed by atoms with E-state index in [2.05, 4.69) is 27.7 Å². The number of nitrogens with one attached hydrogen (secondary N) is 1. The lowest BCUT2D eigenvalue weighted by molar-refractivity contribution is -0.933. The van der Waals surface area contributed by atoms with E-state index in [1.807, 2.05) is 47.1 Å². The Balaban J connectivity index is 1.79. The molecule has 0 aliphatic carbocycles. The van der Waals surface area contributed by atoms with Crippen molar-refractivity contribution in [1.29, 1.82) is 0 Å². The number of nitrogens with zero attached hydrogens (tertiary/aromatic N) is 4. The van der Waals surface area contributed by atoms with E-state index in [0.717, 1.165) is 48.4 Å². The first kappa shape index (κ1) is 16.2. The van der Waals surface area contributed by atoms with Gasteiger partial charge in [0.05, 0.1) is 18.9 Å². The molecule has 0 amide bonds. The molecule has 1 atom stereocenters. The van der Waals surface area contributed by atoms with Gasteiger partial charge in [0.2, 0.25) is 5.82 Å². The number of morpholine rings is 1. The molecule has 4 rings (SSSR count). The van der Waals surface area contributed by atoms with E-state index in [1.54, 1.807) is 0 Å². The summed E-state index contributed by atoms with van der Waals surface area (Å²) in [5, 5.41) is 13.3. The maximum atomic E-state index is 6.08. The van der Waals surface area contributed by atoms with E-state index >= 15 is 0 Å². The van der Waals surface area contributed by atoms with E-state index < -0.39 is 0 Å². The van der Waals surface area contributed by atoms with E-state index in [9.17, 15) is 0 Å². The molecule has 2 heterocycles. The van der Waals surface area contributed by atoms with Gasteiger partial charge in [-0.3, -0.25) is 0 Å². The number of benzene rings is 2. The van der Waals surface area contributed by atoms with E-state index in [0.29, 0.717) is 0 Å². The lowest BCUT2D eigenvalue weighted by Crippen LogP contribution is -3.14. The standard InChI is InChI=1S/C18H18ClN5O/c19-15-8-6-14(7-9-15)17(23-10-12-25-13-11-23)18-20-21-22-24(18)16-4-2-1-3-5-16/h1-9,17H,10-13H2/p+1/t17-/m1/s1. The molecule has 1 N–H and O–H groups in total. The summed E-state index contributed by atoms with van der Waals surface area (Å²) in [5.41, 5.74) is 2.10. The van der Waals surface area contributed by atoms with Crippen LogP contribution in [0.1, 0.15) is 17.4 Å². The molecule has 1 saturated heterocycles. The first-order chi connectivity index (χ1) is 12.3. The third-order valence-corrected chi connectivity index (χ3v) is 4.75. The Hall–Kier alpha value is -2.28. The van der Waals surface area contributed by atoms with Gasteiger partial charge >= 0.3 is 0 Å². The lowest BCUT2D eigenvalue weighted by Gasteiger charge is -2.31. The molecule has 128 valence electrons. The predicted molar refractivity (Wildman–Crippen MR) is 94.0 cm³/mol. The fraction of sp³-hybridized carbons (Fsp3) is 0.278. The quantitative estimate of drug-likeness (QED) is 0.766. The molecule has 1 aliphatic heterocycles. The minimum Gasteiger partial charge on any atom is -0.370 e. The Morgan fingerprint density at radius 3 is 2.44 bits per heavy atom. The van der Waals surface area contributed by atoms with Gasteiger partial charge in [-0.2, -0.15) is 4.68 Å². The molecule has 0 radical (unpaired) electrons. The van der Waals surface area contributed by atoms with Crippen LogP contribution >= 0.6 is 11.6 Å². The molecule has 3 aromatic rings. The first-order valence-corrected chi connectivity index (χ1v) is 8.72. The van der Waals surface area contributed by atoms with Crippen LogP contribution < -0.4 is 4.90 Å². The van der Waals surface area contributed by atoms with Gasteiger partial charge < -0.3 is 9.64 Å². The molecular weight excluding hydrogens is 338 g/mol. The molecule has 1 aromatic heterocycles. The van der Waals surface area contributed by atoms with Gasteiger partial charge in [-0.25, -0.2) is 0 Å². The van der Waals surface area contributed by atoms with Crippen molar-refractivity contribution in [2.75, 3.05) is 26.3 Å². The smallest absolute Gasteiger partial charge is 0.218 e. The summed E-state index contributed by atoms with van der Waals surface area (Å²) < 4.78 is 7.36. The summed E-state index contributed by atoms with van der Waals surface area (Å²) in [6.07, 6.45) is 0. The Labute approximate surface area is 151 Å². The molecule has 0 bridgehead atoms. The zero-order valence-corrected chi connectivity index (χ0v) is 14.4. The van der Waals surface area contributed by atoms with Crippen molar-refractivity contribution >= 4 is 11.6 Å². The normalized spacial score (nSPS) is 16.7. The zero-order valence-electron chi connectivity index (χ0n) is 13.7. The molecule has 7 heteroatoms. The molecule has 0 unspecified atom stereocenters. The topological polar surface area (TPSA) is 57.3 Å². The summed E-state index contributed by atoms with van der Waals surface area (Å²) >= 11 is 6.08. The molecule has 1 aliphatic rings. The Kier molecular flexibility index (Phi) is 4.74. The molecular formula is C18H19ClN5O+. The highest BCUT2D eigenvalue weighted by molar-refractivity contribution is 6.30. The van der Waals surface area contributed by atoms with Gasteiger partial charge in [0, 0.05) is 10.6 Å². The highest BCUT2D eigenvalue weighted by Gasteiger charge is 2.33. The Morgan fingerprint density at radius 1 is 1.00 bits per heavy atom. The van der Waals surface area contributed by atoms with Crippen LogP contribution in [0.25, 0.3) is 5.69 Å². The van der Waals surface area contributed by atoms with Crippen molar-refractivity contribution in [2.45, 2.75) is 6.04 Å². The average Bonchev–Trinajstić information content (AvgIpc) is 3.14. The van der Waals surface area contributed by atoms with Gasteiger partial charge in [-0.1, -0.05) is 41.9 Å². The van der Waals surface area contributed by atoms with Gasteiger partial charge in [-0.15, -0.1) is 5.10 Å². The molecule has 6 nitrogen and oxygen atoms in total. The average molecular weight is 357 g/mol. The molecule has 1 fully saturated rings. The van der Waals surface area contributed by atoms with Crippen molar-refractivity contribution in [3.05, 3.63) is 71.0 Å². The van der Waals surface area contributed by atoms with Gasteiger partial charge in [-0.05, 0) is 34.7 Å². The summed E-state index contributed by atoms with van der Waals surface area (Å²) in [6, 6.07) is 17.9. The summed E-state index contributed by atoms with van der Waals surface area (Å²) in [6.45, 7) is 3.31. The van der Waals surface area contributed by atoms with Crippen LogP contribution in [-0.2, 0) is 4.74 Å². The minimum atomic E-state index is 0.0244. The number of tetrazole rings is 1. The zero-order chi connectivity index (χ0) is 17.1. The highest BCUT2D eigenvalue weighted by atomic mass is 35.5. The Bertz CT molecular complexity index is 815. The van der Waals surface area contributed by atoms with Gasteiger partial charge in [0.15, 0.2) is 6.04 Å². The van der Waals surface area contributed by atoms with Crippen LogP contribution in [-0.4, -0.2) is 46.5 Å². The monoisotopic (exact) mass is 356 g/mol. The predicted octanol–water partition coefficient (Wildman–Crippen LogP) is 1.32. The van der Waals surface area contributed by atoms with Crippen LogP contribution in [0.2, 0.25) is 5.02 Å².